The molecule has 3 amide bonds. The second-order valence-electron chi connectivity index (χ2n) is 7.39. The number of hydrogen-bond donors (Lipinski definition) is 2. The lowest BCUT2D eigenvalue weighted by Gasteiger charge is -2.33. The van der Waals surface area contributed by atoms with E-state index in [0.29, 0.717) is 24.5 Å². The zero-order valence-corrected chi connectivity index (χ0v) is 14.8. The number of urea groups is 1. The molecule has 1 spiro atoms. The minimum atomic E-state index is -0.923. The van der Waals surface area contributed by atoms with Crippen molar-refractivity contribution >= 4 is 11.9 Å². The predicted molar refractivity (Wildman–Crippen MR) is 93.3 cm³/mol. The van der Waals surface area contributed by atoms with Crippen molar-refractivity contribution in [1.82, 2.24) is 10.2 Å². The lowest BCUT2D eigenvalue weighted by atomic mass is 9.77. The van der Waals surface area contributed by atoms with Crippen LogP contribution in [0.1, 0.15) is 38.2 Å². The van der Waals surface area contributed by atoms with E-state index in [-0.39, 0.29) is 19.1 Å². The Morgan fingerprint density at radius 2 is 1.92 bits per heavy atom. The van der Waals surface area contributed by atoms with Crippen LogP contribution in [0.25, 0.3) is 0 Å². The highest BCUT2D eigenvalue weighted by Crippen LogP contribution is 2.36. The highest BCUT2D eigenvalue weighted by Gasteiger charge is 2.52. The molecule has 0 aromatic heterocycles. The molecule has 6 nitrogen and oxygen atoms in total. The molecule has 2 N–H and O–H groups in total. The Balaban J connectivity index is 1.55. The second-order valence-corrected chi connectivity index (χ2v) is 7.39. The van der Waals surface area contributed by atoms with Gasteiger partial charge in [-0.2, -0.15) is 0 Å². The van der Waals surface area contributed by atoms with Gasteiger partial charge in [-0.25, -0.2) is 4.79 Å². The Hall–Kier alpha value is -2.08. The number of β-amino-alcohol motifs (C(OH)–C–C–N with tert-alkyl or cyclic N) is 1. The number of aliphatic hydroxyl groups excluding tert-OH is 1. The molecule has 1 atom stereocenters. The molecule has 1 aromatic rings. The average Bonchev–Trinajstić information content (AvgIpc) is 2.82. The summed E-state index contributed by atoms with van der Waals surface area (Å²) >= 11 is 0. The number of nitrogens with one attached hydrogen (secondary N) is 1. The fraction of sp³-hybridized carbons (Fsp3) is 0.579. The van der Waals surface area contributed by atoms with E-state index in [1.165, 1.54) is 0 Å². The molecule has 1 heterocycles. The molecule has 1 aliphatic heterocycles. The van der Waals surface area contributed by atoms with Gasteiger partial charge in [0.1, 0.15) is 24.0 Å². The lowest BCUT2D eigenvalue weighted by molar-refractivity contribution is -0.133. The molecule has 0 radical (unpaired) electrons. The normalized spacial score (nSPS) is 27.5. The molecular weight excluding hydrogens is 320 g/mol. The SMILES string of the molecule is Cc1ccc(OC[C@@H](O)CN2C(=O)NC3(CCC(C)CC3)C2=O)cc1. The van der Waals surface area contributed by atoms with Crippen molar-refractivity contribution in [2.45, 2.75) is 51.2 Å². The van der Waals surface area contributed by atoms with Crippen molar-refractivity contribution in [3.05, 3.63) is 29.8 Å². The molecule has 0 bridgehead atoms. The predicted octanol–water partition coefficient (Wildman–Crippen LogP) is 2.24. The molecule has 0 unspecified atom stereocenters. The Bertz CT molecular complexity index is 635. The summed E-state index contributed by atoms with van der Waals surface area (Å²) in [5.74, 6) is 1.02. The van der Waals surface area contributed by atoms with Crippen LogP contribution in [0.4, 0.5) is 4.79 Å². The number of carbonyl (C=O) groups excluding carboxylic acids is 2. The third-order valence-corrected chi connectivity index (χ3v) is 5.23. The average molecular weight is 346 g/mol. The van der Waals surface area contributed by atoms with Gasteiger partial charge in [0.05, 0.1) is 6.54 Å². The topological polar surface area (TPSA) is 78.9 Å². The van der Waals surface area contributed by atoms with Crippen molar-refractivity contribution < 1.29 is 19.4 Å². The molecule has 1 aliphatic carbocycles. The molecule has 2 fully saturated rings. The standard InChI is InChI=1S/C19H26N2O4/c1-13-3-5-16(6-4-13)25-12-15(22)11-21-17(23)19(20-18(21)24)9-7-14(2)8-10-19/h3-6,14-15,22H,7-12H2,1-2H3,(H,20,24)/t14?,15-,19?/m0/s1. The fourth-order valence-electron chi connectivity index (χ4n) is 3.53. The number of hydrogen-bond acceptors (Lipinski definition) is 4. The highest BCUT2D eigenvalue weighted by molar-refractivity contribution is 6.07. The number of aryl methyl sites for hydroxylation is 1. The van der Waals surface area contributed by atoms with Gasteiger partial charge in [-0.15, -0.1) is 0 Å². The smallest absolute Gasteiger partial charge is 0.325 e. The summed E-state index contributed by atoms with van der Waals surface area (Å²) in [6.45, 7) is 4.13. The summed E-state index contributed by atoms with van der Waals surface area (Å²) in [5, 5.41) is 13.1. The van der Waals surface area contributed by atoms with Crippen molar-refractivity contribution in [3.8, 4) is 5.75 Å². The number of rotatable bonds is 5. The molecule has 136 valence electrons. The molecule has 25 heavy (non-hydrogen) atoms. The van der Waals surface area contributed by atoms with Gasteiger partial charge in [0, 0.05) is 0 Å². The Morgan fingerprint density at radius 3 is 2.56 bits per heavy atom. The first-order valence-corrected chi connectivity index (χ1v) is 8.91. The third-order valence-electron chi connectivity index (χ3n) is 5.23. The van der Waals surface area contributed by atoms with Gasteiger partial charge in [0.15, 0.2) is 0 Å². The van der Waals surface area contributed by atoms with Gasteiger partial charge in [0.25, 0.3) is 5.91 Å². The lowest BCUT2D eigenvalue weighted by Crippen LogP contribution is -2.49. The van der Waals surface area contributed by atoms with Crippen LogP contribution in [-0.2, 0) is 4.79 Å². The van der Waals surface area contributed by atoms with Crippen molar-refractivity contribution in [2.75, 3.05) is 13.2 Å². The van der Waals surface area contributed by atoms with E-state index in [0.717, 1.165) is 23.3 Å². The molecule has 3 rings (SSSR count). The Kier molecular flexibility index (Phi) is 4.99. The Morgan fingerprint density at radius 1 is 1.28 bits per heavy atom. The summed E-state index contributed by atoms with van der Waals surface area (Å²) < 4.78 is 5.53. The van der Waals surface area contributed by atoms with Gasteiger partial charge in [-0.3, -0.25) is 9.69 Å². The maximum absolute atomic E-state index is 12.7. The number of carbonyl (C=O) groups is 2. The largest absolute Gasteiger partial charge is 0.491 e. The number of amides is 3. The van der Waals surface area contributed by atoms with Crippen LogP contribution in [0, 0.1) is 12.8 Å². The van der Waals surface area contributed by atoms with Crippen LogP contribution in [-0.4, -0.2) is 46.7 Å². The van der Waals surface area contributed by atoms with E-state index < -0.39 is 17.7 Å². The summed E-state index contributed by atoms with van der Waals surface area (Å²) in [5.41, 5.74) is 0.362. The zero-order chi connectivity index (χ0) is 18.0. The number of nitrogens with zero attached hydrogens (tertiary/aromatic N) is 1. The summed E-state index contributed by atoms with van der Waals surface area (Å²) in [7, 11) is 0. The van der Waals surface area contributed by atoms with Crippen molar-refractivity contribution in [2.24, 2.45) is 5.92 Å². The maximum atomic E-state index is 12.7. The first kappa shape index (κ1) is 17.7. The van der Waals surface area contributed by atoms with E-state index in [1.807, 2.05) is 31.2 Å². The van der Waals surface area contributed by atoms with Crippen LogP contribution in [0.15, 0.2) is 24.3 Å². The summed E-state index contributed by atoms with van der Waals surface area (Å²) in [6, 6.07) is 7.09. The number of imide groups is 1. The van der Waals surface area contributed by atoms with E-state index >= 15 is 0 Å². The van der Waals surface area contributed by atoms with Crippen LogP contribution in [0.2, 0.25) is 0 Å². The van der Waals surface area contributed by atoms with Gasteiger partial charge >= 0.3 is 6.03 Å². The molecule has 1 aromatic carbocycles. The van der Waals surface area contributed by atoms with E-state index in [2.05, 4.69) is 12.2 Å². The van der Waals surface area contributed by atoms with Crippen LogP contribution >= 0.6 is 0 Å². The zero-order valence-electron chi connectivity index (χ0n) is 14.8. The molecule has 2 aliphatic rings. The van der Waals surface area contributed by atoms with Crippen LogP contribution in [0.5, 0.6) is 5.75 Å². The minimum Gasteiger partial charge on any atom is -0.491 e. The molecular formula is C19H26N2O4. The summed E-state index contributed by atoms with van der Waals surface area (Å²) in [6.07, 6.45) is 2.28. The van der Waals surface area contributed by atoms with E-state index in [9.17, 15) is 14.7 Å². The van der Waals surface area contributed by atoms with Crippen molar-refractivity contribution in [3.63, 3.8) is 0 Å². The maximum Gasteiger partial charge on any atom is 0.325 e. The number of ether oxygens (including phenoxy) is 1. The van der Waals surface area contributed by atoms with E-state index in [4.69, 9.17) is 4.74 Å². The van der Waals surface area contributed by atoms with Gasteiger partial charge < -0.3 is 15.2 Å². The fourth-order valence-corrected chi connectivity index (χ4v) is 3.53. The van der Waals surface area contributed by atoms with Crippen LogP contribution in [0.3, 0.4) is 0 Å². The summed E-state index contributed by atoms with van der Waals surface area (Å²) in [4.78, 5) is 26.1. The molecule has 1 saturated heterocycles. The number of benzene rings is 1. The second kappa shape index (κ2) is 7.04. The number of aliphatic hydroxyl groups is 1. The van der Waals surface area contributed by atoms with Gasteiger partial charge in [-0.1, -0.05) is 24.6 Å². The Labute approximate surface area is 148 Å². The third kappa shape index (κ3) is 3.79. The van der Waals surface area contributed by atoms with Crippen molar-refractivity contribution in [1.29, 1.82) is 0 Å². The van der Waals surface area contributed by atoms with Gasteiger partial charge in [0.2, 0.25) is 0 Å². The quantitative estimate of drug-likeness (QED) is 0.802. The monoisotopic (exact) mass is 346 g/mol. The first-order chi connectivity index (χ1) is 11.9. The molecule has 1 saturated carbocycles. The minimum absolute atomic E-state index is 0.0319. The van der Waals surface area contributed by atoms with Gasteiger partial charge in [-0.05, 0) is 50.7 Å². The molecule has 6 heteroatoms. The highest BCUT2D eigenvalue weighted by atomic mass is 16.5. The van der Waals surface area contributed by atoms with Crippen LogP contribution < -0.4 is 10.1 Å². The first-order valence-electron chi connectivity index (χ1n) is 8.91. The van der Waals surface area contributed by atoms with E-state index in [1.54, 1.807) is 0 Å².